The fourth-order valence-electron chi connectivity index (χ4n) is 4.11. The van der Waals surface area contributed by atoms with Crippen molar-refractivity contribution in [3.05, 3.63) is 42.5 Å². The minimum Gasteiger partial charge on any atom is -0.466 e. The Bertz CT molecular complexity index is 1290. The van der Waals surface area contributed by atoms with Crippen LogP contribution in [0.15, 0.2) is 42.5 Å². The highest BCUT2D eigenvalue weighted by molar-refractivity contribution is 7.80. The smallest absolute Gasteiger partial charge is 0.309 e. The largest absolute Gasteiger partial charge is 0.466 e. The topological polar surface area (TPSA) is 83.1 Å². The fourth-order valence-corrected chi connectivity index (χ4v) is 4.41. The Morgan fingerprint density at radius 2 is 1.94 bits per heavy atom. The Kier molecular flexibility index (Phi) is 5.15. The number of rotatable bonds is 3. The summed E-state index contributed by atoms with van der Waals surface area (Å²) in [6.07, 6.45) is 1.51. The second-order valence-electron chi connectivity index (χ2n) is 7.74. The van der Waals surface area contributed by atoms with Gasteiger partial charge in [-0.2, -0.15) is 0 Å². The van der Waals surface area contributed by atoms with Gasteiger partial charge in [0.25, 0.3) is 0 Å². The van der Waals surface area contributed by atoms with E-state index in [1.807, 2.05) is 43.3 Å². The van der Waals surface area contributed by atoms with Gasteiger partial charge in [0.05, 0.1) is 23.6 Å². The molecule has 4 aromatic rings. The maximum absolute atomic E-state index is 12.0. The minimum absolute atomic E-state index is 0.0324. The van der Waals surface area contributed by atoms with Crippen molar-refractivity contribution < 1.29 is 9.53 Å². The van der Waals surface area contributed by atoms with Crippen LogP contribution in [0.3, 0.4) is 0 Å². The number of esters is 1. The van der Waals surface area contributed by atoms with Crippen molar-refractivity contribution in [1.29, 1.82) is 0 Å². The van der Waals surface area contributed by atoms with Crippen LogP contribution in [0.5, 0.6) is 0 Å². The van der Waals surface area contributed by atoms with Crippen molar-refractivity contribution >= 4 is 62.1 Å². The molecule has 1 fully saturated rings. The molecule has 3 heterocycles. The van der Waals surface area contributed by atoms with Crippen LogP contribution in [0, 0.1) is 5.92 Å². The molecule has 0 atom stereocenters. The predicted octanol–water partition coefficient (Wildman–Crippen LogP) is 4.24. The molecule has 0 bridgehead atoms. The van der Waals surface area contributed by atoms with Crippen molar-refractivity contribution in [2.24, 2.45) is 5.92 Å². The molecule has 0 saturated carbocycles. The van der Waals surface area contributed by atoms with E-state index >= 15 is 0 Å². The van der Waals surface area contributed by atoms with E-state index in [0.717, 1.165) is 64.7 Å². The van der Waals surface area contributed by atoms with E-state index in [4.69, 9.17) is 26.9 Å². The van der Waals surface area contributed by atoms with Gasteiger partial charge in [-0.3, -0.25) is 4.79 Å². The molecule has 2 aromatic heterocycles. The number of hydrogen-bond acceptors (Lipinski definition) is 5. The minimum atomic E-state index is -0.0977. The van der Waals surface area contributed by atoms with E-state index in [2.05, 4.69) is 21.3 Å². The molecule has 0 spiro atoms. The van der Waals surface area contributed by atoms with Gasteiger partial charge in [0, 0.05) is 29.7 Å². The molecule has 158 valence electrons. The fraction of sp³-hybridized carbons (Fsp3) is 0.304. The molecule has 0 radical (unpaired) electrons. The van der Waals surface area contributed by atoms with Crippen LogP contribution in [0.1, 0.15) is 19.8 Å². The SMILES string of the molecule is CCOC(=O)C1CCN(C(=S)Nc2ccc3[nH]c4nc5ccccc5nc4c3c2)CC1. The maximum atomic E-state index is 12.0. The van der Waals surface area contributed by atoms with Crippen LogP contribution in [0.4, 0.5) is 5.69 Å². The van der Waals surface area contributed by atoms with Gasteiger partial charge in [-0.1, -0.05) is 12.1 Å². The molecule has 1 aliphatic heterocycles. The lowest BCUT2D eigenvalue weighted by Crippen LogP contribution is -2.42. The van der Waals surface area contributed by atoms with Crippen LogP contribution in [0.25, 0.3) is 33.1 Å². The number of aromatic nitrogens is 3. The van der Waals surface area contributed by atoms with E-state index < -0.39 is 0 Å². The first-order valence-corrected chi connectivity index (χ1v) is 10.9. The Hall–Kier alpha value is -3.26. The van der Waals surface area contributed by atoms with Gasteiger partial charge in [0.1, 0.15) is 5.52 Å². The maximum Gasteiger partial charge on any atom is 0.309 e. The molecule has 0 unspecified atom stereocenters. The Morgan fingerprint density at radius 1 is 1.19 bits per heavy atom. The van der Waals surface area contributed by atoms with E-state index in [-0.39, 0.29) is 11.9 Å². The quantitative estimate of drug-likeness (QED) is 0.369. The van der Waals surface area contributed by atoms with E-state index in [9.17, 15) is 4.79 Å². The Balaban J connectivity index is 1.34. The van der Waals surface area contributed by atoms with Crippen molar-refractivity contribution in [3.8, 4) is 0 Å². The molecule has 2 N–H and O–H groups in total. The molecule has 1 saturated heterocycles. The first-order chi connectivity index (χ1) is 15.1. The number of carbonyl (C=O) groups excluding carboxylic acids is 1. The molecule has 2 aromatic carbocycles. The average molecular weight is 434 g/mol. The average Bonchev–Trinajstić information content (AvgIpc) is 3.14. The van der Waals surface area contributed by atoms with Gasteiger partial charge in [-0.25, -0.2) is 9.97 Å². The van der Waals surface area contributed by atoms with Crippen LogP contribution in [0.2, 0.25) is 0 Å². The lowest BCUT2D eigenvalue weighted by atomic mass is 9.97. The molecule has 7 nitrogen and oxygen atoms in total. The number of carbonyl (C=O) groups is 1. The summed E-state index contributed by atoms with van der Waals surface area (Å²) in [5.41, 5.74) is 5.24. The van der Waals surface area contributed by atoms with Crippen molar-refractivity contribution in [3.63, 3.8) is 0 Å². The van der Waals surface area contributed by atoms with Gasteiger partial charge in [-0.05, 0) is 62.3 Å². The number of fused-ring (bicyclic) bond motifs is 4. The summed E-state index contributed by atoms with van der Waals surface area (Å²) in [6, 6.07) is 13.9. The van der Waals surface area contributed by atoms with Crippen LogP contribution >= 0.6 is 12.2 Å². The molecule has 5 rings (SSSR count). The summed E-state index contributed by atoms with van der Waals surface area (Å²) in [5, 5.41) is 5.01. The number of ether oxygens (including phenoxy) is 1. The normalized spacial score (nSPS) is 14.9. The van der Waals surface area contributed by atoms with E-state index in [0.29, 0.717) is 11.7 Å². The summed E-state index contributed by atoms with van der Waals surface area (Å²) in [6.45, 7) is 3.74. The van der Waals surface area contributed by atoms with E-state index in [1.165, 1.54) is 0 Å². The van der Waals surface area contributed by atoms with Gasteiger partial charge < -0.3 is 19.9 Å². The molecule has 8 heteroatoms. The lowest BCUT2D eigenvalue weighted by Gasteiger charge is -2.32. The summed E-state index contributed by atoms with van der Waals surface area (Å²) in [4.78, 5) is 26.9. The number of likely N-dealkylation sites (tertiary alicyclic amines) is 1. The first kappa shape index (κ1) is 19.7. The summed E-state index contributed by atoms with van der Waals surface area (Å²) >= 11 is 5.64. The molecule has 31 heavy (non-hydrogen) atoms. The molecule has 1 aliphatic rings. The second kappa shape index (κ2) is 8.11. The Morgan fingerprint density at radius 3 is 2.68 bits per heavy atom. The van der Waals surface area contributed by atoms with Gasteiger partial charge >= 0.3 is 5.97 Å². The highest BCUT2D eigenvalue weighted by Gasteiger charge is 2.27. The zero-order valence-electron chi connectivity index (χ0n) is 17.2. The number of H-pyrrole nitrogens is 1. The third-order valence-electron chi connectivity index (χ3n) is 5.75. The third kappa shape index (κ3) is 3.79. The number of aromatic amines is 1. The second-order valence-corrected chi connectivity index (χ2v) is 8.13. The van der Waals surface area contributed by atoms with Crippen LogP contribution < -0.4 is 5.32 Å². The van der Waals surface area contributed by atoms with Crippen LogP contribution in [-0.4, -0.2) is 50.6 Å². The molecule has 0 aliphatic carbocycles. The predicted molar refractivity (Wildman–Crippen MR) is 126 cm³/mol. The van der Waals surface area contributed by atoms with E-state index in [1.54, 1.807) is 0 Å². The van der Waals surface area contributed by atoms with Gasteiger partial charge in [-0.15, -0.1) is 0 Å². The summed E-state index contributed by atoms with van der Waals surface area (Å²) < 4.78 is 5.15. The summed E-state index contributed by atoms with van der Waals surface area (Å²) in [5.74, 6) is -0.130. The zero-order valence-corrected chi connectivity index (χ0v) is 18.0. The number of anilines is 1. The highest BCUT2D eigenvalue weighted by Crippen LogP contribution is 2.28. The number of nitrogens with zero attached hydrogens (tertiary/aromatic N) is 3. The summed E-state index contributed by atoms with van der Waals surface area (Å²) in [7, 11) is 0. The van der Waals surface area contributed by atoms with Crippen molar-refractivity contribution in [2.45, 2.75) is 19.8 Å². The number of thiocarbonyl (C=S) groups is 1. The number of nitrogens with one attached hydrogen (secondary N) is 2. The van der Waals surface area contributed by atoms with Gasteiger partial charge in [0.2, 0.25) is 0 Å². The third-order valence-corrected chi connectivity index (χ3v) is 6.11. The zero-order chi connectivity index (χ0) is 21.4. The number of benzene rings is 2. The van der Waals surface area contributed by atoms with Crippen LogP contribution in [-0.2, 0) is 9.53 Å². The van der Waals surface area contributed by atoms with Crippen molar-refractivity contribution in [1.82, 2.24) is 19.9 Å². The molecular formula is C23H23N5O2S. The first-order valence-electron chi connectivity index (χ1n) is 10.5. The number of hydrogen-bond donors (Lipinski definition) is 2. The lowest BCUT2D eigenvalue weighted by molar-refractivity contribution is -0.149. The molecular weight excluding hydrogens is 410 g/mol. The monoisotopic (exact) mass is 433 g/mol. The number of para-hydroxylation sites is 2. The highest BCUT2D eigenvalue weighted by atomic mass is 32.1. The Labute approximate surface area is 184 Å². The molecule has 0 amide bonds. The van der Waals surface area contributed by atoms with Gasteiger partial charge in [0.15, 0.2) is 10.8 Å². The standard InChI is InChI=1S/C23H23N5O2S/c1-2-30-22(29)14-9-11-28(12-10-14)23(31)24-15-7-8-17-16(13-15)20-21(26-17)27-19-6-4-3-5-18(19)25-20/h3-8,13-14H,2,9-12H2,1H3,(H,24,31)(H,26,27). The van der Waals surface area contributed by atoms with Crippen molar-refractivity contribution in [2.75, 3.05) is 25.0 Å². The number of piperidine rings is 1.